The maximum Gasteiger partial charge on any atom is 0.408 e. The number of carbonyl (C=O) groups excluding carboxylic acids is 2. The van der Waals surface area contributed by atoms with E-state index in [1.807, 2.05) is 34.6 Å². The second kappa shape index (κ2) is 6.95. The van der Waals surface area contributed by atoms with Crippen molar-refractivity contribution in [2.45, 2.75) is 79.0 Å². The fraction of sp³-hybridized carbons (Fsp3) is 0.867. The van der Waals surface area contributed by atoms with Gasteiger partial charge in [0.1, 0.15) is 11.6 Å². The predicted molar refractivity (Wildman–Crippen MR) is 80.5 cm³/mol. The molecule has 118 valence electrons. The predicted octanol–water partition coefficient (Wildman–Crippen LogP) is 2.84. The maximum absolute atomic E-state index is 12.3. The zero-order valence-electron chi connectivity index (χ0n) is 14.1. The summed E-state index contributed by atoms with van der Waals surface area (Å²) in [6.45, 7) is 15.0. The third-order valence-corrected chi connectivity index (χ3v) is 2.67. The Morgan fingerprint density at radius 3 is 1.95 bits per heavy atom. The second-order valence-corrected chi connectivity index (χ2v) is 7.25. The van der Waals surface area contributed by atoms with Crippen molar-refractivity contribution in [1.82, 2.24) is 10.6 Å². The summed E-state index contributed by atoms with van der Waals surface area (Å²) < 4.78 is 5.21. The number of nitrogens with one attached hydrogen (secondary N) is 2. The molecule has 2 N–H and O–H groups in total. The summed E-state index contributed by atoms with van der Waals surface area (Å²) in [5.41, 5.74) is -0.914. The number of rotatable bonds is 4. The van der Waals surface area contributed by atoms with Gasteiger partial charge in [-0.25, -0.2) is 4.79 Å². The van der Waals surface area contributed by atoms with E-state index >= 15 is 0 Å². The van der Waals surface area contributed by atoms with Crippen LogP contribution < -0.4 is 10.6 Å². The van der Waals surface area contributed by atoms with Crippen LogP contribution >= 0.6 is 0 Å². The maximum atomic E-state index is 12.3. The monoisotopic (exact) mass is 286 g/mol. The lowest BCUT2D eigenvalue weighted by molar-refractivity contribution is -0.125. The quantitative estimate of drug-likeness (QED) is 0.835. The minimum Gasteiger partial charge on any atom is -0.444 e. The molecule has 0 heterocycles. The van der Waals surface area contributed by atoms with E-state index in [1.54, 1.807) is 20.8 Å². The Hall–Kier alpha value is -1.26. The SMILES string of the molecule is CCC(C)C(NC(=O)OC(C)(C)C)C(=O)NC(C)(C)C. The van der Waals surface area contributed by atoms with Crippen molar-refractivity contribution < 1.29 is 14.3 Å². The van der Waals surface area contributed by atoms with Crippen LogP contribution in [0.15, 0.2) is 0 Å². The molecule has 0 rings (SSSR count). The highest BCUT2D eigenvalue weighted by Crippen LogP contribution is 2.12. The van der Waals surface area contributed by atoms with E-state index in [4.69, 9.17) is 4.74 Å². The molecule has 0 fully saturated rings. The third kappa shape index (κ3) is 8.02. The minimum atomic E-state index is -0.589. The van der Waals surface area contributed by atoms with Gasteiger partial charge in [0, 0.05) is 5.54 Å². The van der Waals surface area contributed by atoms with Gasteiger partial charge in [-0.1, -0.05) is 20.3 Å². The summed E-state index contributed by atoms with van der Waals surface area (Å²) in [5, 5.41) is 5.57. The van der Waals surface area contributed by atoms with Crippen LogP contribution in [0.2, 0.25) is 0 Å². The summed E-state index contributed by atoms with van der Waals surface area (Å²) in [4.78, 5) is 24.1. The van der Waals surface area contributed by atoms with Gasteiger partial charge in [0.15, 0.2) is 0 Å². The van der Waals surface area contributed by atoms with Gasteiger partial charge in [-0.3, -0.25) is 4.79 Å². The molecule has 20 heavy (non-hydrogen) atoms. The van der Waals surface area contributed by atoms with Gasteiger partial charge in [-0.2, -0.15) is 0 Å². The molecule has 0 aliphatic heterocycles. The van der Waals surface area contributed by atoms with Gasteiger partial charge in [0.2, 0.25) is 5.91 Å². The molecule has 0 aromatic carbocycles. The summed E-state index contributed by atoms with van der Waals surface area (Å²) in [6, 6.07) is -0.589. The van der Waals surface area contributed by atoms with E-state index < -0.39 is 17.7 Å². The van der Waals surface area contributed by atoms with Crippen LogP contribution in [0, 0.1) is 5.92 Å². The topological polar surface area (TPSA) is 67.4 Å². The summed E-state index contributed by atoms with van der Waals surface area (Å²) in [5.74, 6) is -0.150. The molecule has 0 spiro atoms. The number of hydrogen-bond donors (Lipinski definition) is 2. The highest BCUT2D eigenvalue weighted by Gasteiger charge is 2.30. The van der Waals surface area contributed by atoms with Gasteiger partial charge in [0.05, 0.1) is 0 Å². The Bertz CT molecular complexity index is 340. The van der Waals surface area contributed by atoms with Crippen LogP contribution in [0.1, 0.15) is 61.8 Å². The normalized spacial score (nSPS) is 15.2. The van der Waals surface area contributed by atoms with Crippen LogP contribution in [-0.2, 0) is 9.53 Å². The molecule has 0 saturated heterocycles. The molecule has 0 aliphatic carbocycles. The largest absolute Gasteiger partial charge is 0.444 e. The number of amides is 2. The zero-order chi connectivity index (χ0) is 16.1. The van der Waals surface area contributed by atoms with Gasteiger partial charge >= 0.3 is 6.09 Å². The van der Waals surface area contributed by atoms with Gasteiger partial charge in [-0.05, 0) is 47.5 Å². The smallest absolute Gasteiger partial charge is 0.408 e. The highest BCUT2D eigenvalue weighted by atomic mass is 16.6. The van der Waals surface area contributed by atoms with E-state index in [-0.39, 0.29) is 17.4 Å². The molecule has 2 unspecified atom stereocenters. The lowest BCUT2D eigenvalue weighted by Crippen LogP contribution is -2.55. The van der Waals surface area contributed by atoms with Crippen LogP contribution in [0.4, 0.5) is 4.79 Å². The first kappa shape index (κ1) is 18.7. The van der Waals surface area contributed by atoms with Crippen molar-refractivity contribution in [2.24, 2.45) is 5.92 Å². The van der Waals surface area contributed by atoms with Crippen molar-refractivity contribution in [3.8, 4) is 0 Å². The fourth-order valence-corrected chi connectivity index (χ4v) is 1.58. The lowest BCUT2D eigenvalue weighted by Gasteiger charge is -2.29. The molecule has 5 heteroatoms. The lowest BCUT2D eigenvalue weighted by atomic mass is 9.97. The van der Waals surface area contributed by atoms with Crippen molar-refractivity contribution >= 4 is 12.0 Å². The number of ether oxygens (including phenoxy) is 1. The Labute approximate surface area is 122 Å². The van der Waals surface area contributed by atoms with Crippen molar-refractivity contribution in [3.05, 3.63) is 0 Å². The molecule has 0 radical (unpaired) electrons. The average Bonchev–Trinajstić information content (AvgIpc) is 2.19. The number of alkyl carbamates (subject to hydrolysis) is 1. The average molecular weight is 286 g/mol. The third-order valence-electron chi connectivity index (χ3n) is 2.67. The molecular weight excluding hydrogens is 256 g/mol. The Morgan fingerprint density at radius 1 is 1.10 bits per heavy atom. The summed E-state index contributed by atoms with van der Waals surface area (Å²) >= 11 is 0. The Balaban J connectivity index is 4.82. The van der Waals surface area contributed by atoms with Crippen molar-refractivity contribution in [2.75, 3.05) is 0 Å². The van der Waals surface area contributed by atoms with Crippen LogP contribution in [-0.4, -0.2) is 29.2 Å². The van der Waals surface area contributed by atoms with Crippen LogP contribution in [0.25, 0.3) is 0 Å². The molecule has 0 saturated carbocycles. The van der Waals surface area contributed by atoms with E-state index in [0.29, 0.717) is 0 Å². The van der Waals surface area contributed by atoms with Crippen molar-refractivity contribution in [1.29, 1.82) is 0 Å². The van der Waals surface area contributed by atoms with E-state index in [1.165, 1.54) is 0 Å². The van der Waals surface area contributed by atoms with E-state index in [0.717, 1.165) is 6.42 Å². The molecule has 0 aromatic heterocycles. The first-order chi connectivity index (χ1) is 8.85. The first-order valence-corrected chi connectivity index (χ1v) is 7.17. The van der Waals surface area contributed by atoms with Gasteiger partial charge in [0.25, 0.3) is 0 Å². The number of carbonyl (C=O) groups is 2. The van der Waals surface area contributed by atoms with E-state index in [2.05, 4.69) is 10.6 Å². The molecular formula is C15H30N2O3. The first-order valence-electron chi connectivity index (χ1n) is 7.17. The second-order valence-electron chi connectivity index (χ2n) is 7.25. The fourth-order valence-electron chi connectivity index (χ4n) is 1.58. The summed E-state index contributed by atoms with van der Waals surface area (Å²) in [7, 11) is 0. The highest BCUT2D eigenvalue weighted by molar-refractivity contribution is 5.86. The minimum absolute atomic E-state index is 0.0323. The molecule has 2 atom stereocenters. The van der Waals surface area contributed by atoms with Gasteiger partial charge < -0.3 is 15.4 Å². The number of hydrogen-bond acceptors (Lipinski definition) is 3. The Morgan fingerprint density at radius 2 is 1.60 bits per heavy atom. The molecule has 2 amide bonds. The van der Waals surface area contributed by atoms with Gasteiger partial charge in [-0.15, -0.1) is 0 Å². The zero-order valence-corrected chi connectivity index (χ0v) is 14.1. The van der Waals surface area contributed by atoms with Crippen LogP contribution in [0.5, 0.6) is 0 Å². The van der Waals surface area contributed by atoms with Crippen molar-refractivity contribution in [3.63, 3.8) is 0 Å². The summed E-state index contributed by atoms with van der Waals surface area (Å²) in [6.07, 6.45) is 0.227. The standard InChI is InChI=1S/C15H30N2O3/c1-9-10(2)11(12(18)17-14(3,4)5)16-13(19)20-15(6,7)8/h10-11H,9H2,1-8H3,(H,16,19)(H,17,18). The van der Waals surface area contributed by atoms with E-state index in [9.17, 15) is 9.59 Å². The molecule has 0 aliphatic rings. The molecule has 5 nitrogen and oxygen atoms in total. The molecule has 0 bridgehead atoms. The molecule has 0 aromatic rings. The Kier molecular flexibility index (Phi) is 6.51. The van der Waals surface area contributed by atoms with Crippen LogP contribution in [0.3, 0.4) is 0 Å².